The summed E-state index contributed by atoms with van der Waals surface area (Å²) in [6.07, 6.45) is 0. The molecular weight excluding hydrogens is 352 g/mol. The summed E-state index contributed by atoms with van der Waals surface area (Å²) in [7, 11) is 0. The second-order valence-corrected chi connectivity index (χ2v) is 6.84. The Labute approximate surface area is 165 Å². The van der Waals surface area contributed by atoms with E-state index in [0.29, 0.717) is 12.1 Å². The first-order valence-electron chi connectivity index (χ1n) is 9.47. The van der Waals surface area contributed by atoms with E-state index in [1.54, 1.807) is 12.1 Å². The zero-order valence-corrected chi connectivity index (χ0v) is 16.7. The molecule has 7 nitrogen and oxygen atoms in total. The molecule has 2 heterocycles. The lowest BCUT2D eigenvalue weighted by molar-refractivity contribution is 0.0947. The Hall–Kier alpha value is -3.22. The van der Waals surface area contributed by atoms with Crippen LogP contribution in [0.4, 0.5) is 5.82 Å². The van der Waals surface area contributed by atoms with Gasteiger partial charge in [0, 0.05) is 29.9 Å². The monoisotopic (exact) mass is 378 g/mol. The second-order valence-electron chi connectivity index (χ2n) is 6.84. The molecule has 1 amide bonds. The highest BCUT2D eigenvalue weighted by Gasteiger charge is 2.12. The van der Waals surface area contributed by atoms with Crippen molar-refractivity contribution in [1.82, 2.24) is 25.3 Å². The second kappa shape index (κ2) is 8.65. The van der Waals surface area contributed by atoms with Crippen molar-refractivity contribution < 1.29 is 4.79 Å². The number of aryl methyl sites for hydroxylation is 2. The van der Waals surface area contributed by atoms with Gasteiger partial charge in [-0.15, -0.1) is 10.2 Å². The minimum atomic E-state index is -0.103. The van der Waals surface area contributed by atoms with Gasteiger partial charge in [-0.25, -0.2) is 0 Å². The molecule has 3 aromatic rings. The summed E-state index contributed by atoms with van der Waals surface area (Å²) >= 11 is 0. The van der Waals surface area contributed by atoms with Crippen LogP contribution in [0.15, 0.2) is 42.5 Å². The number of hydrogen-bond acceptors (Lipinski definition) is 5. The smallest absolute Gasteiger partial charge is 0.251 e. The minimum Gasteiger partial charge on any atom is -0.369 e. The van der Waals surface area contributed by atoms with Gasteiger partial charge in [-0.3, -0.25) is 9.48 Å². The van der Waals surface area contributed by atoms with Gasteiger partial charge in [0.05, 0.1) is 17.4 Å². The highest BCUT2D eigenvalue weighted by molar-refractivity contribution is 5.94. The van der Waals surface area contributed by atoms with E-state index in [9.17, 15) is 4.79 Å². The normalized spacial score (nSPS) is 11.9. The predicted molar refractivity (Wildman–Crippen MR) is 110 cm³/mol. The van der Waals surface area contributed by atoms with Crippen molar-refractivity contribution in [3.8, 4) is 11.3 Å². The molecule has 0 spiro atoms. The SMILES string of the molecule is CCNc1ccc(-c2ccc(C(=O)NC[C@H](C)n3nc(C)cc3C)cc2)nn1. The molecule has 0 aliphatic rings. The quantitative estimate of drug-likeness (QED) is 0.658. The lowest BCUT2D eigenvalue weighted by Crippen LogP contribution is -2.30. The number of hydrogen-bond donors (Lipinski definition) is 2. The van der Waals surface area contributed by atoms with Crippen LogP contribution >= 0.6 is 0 Å². The van der Waals surface area contributed by atoms with Crippen LogP contribution in [0.1, 0.15) is 41.6 Å². The van der Waals surface area contributed by atoms with Gasteiger partial charge in [0.15, 0.2) is 0 Å². The van der Waals surface area contributed by atoms with Crippen LogP contribution in [-0.4, -0.2) is 39.0 Å². The van der Waals surface area contributed by atoms with Crippen LogP contribution in [0.25, 0.3) is 11.3 Å². The van der Waals surface area contributed by atoms with E-state index in [4.69, 9.17) is 0 Å². The summed E-state index contributed by atoms with van der Waals surface area (Å²) in [5, 5.41) is 18.9. The fraction of sp³-hybridized carbons (Fsp3) is 0.333. The van der Waals surface area contributed by atoms with Gasteiger partial charge in [-0.2, -0.15) is 5.10 Å². The molecule has 0 bridgehead atoms. The maximum atomic E-state index is 12.5. The molecule has 0 saturated carbocycles. The Morgan fingerprint density at radius 3 is 2.43 bits per heavy atom. The van der Waals surface area contributed by atoms with Crippen molar-refractivity contribution in [1.29, 1.82) is 0 Å². The van der Waals surface area contributed by atoms with Crippen molar-refractivity contribution in [2.75, 3.05) is 18.4 Å². The van der Waals surface area contributed by atoms with Crippen molar-refractivity contribution >= 4 is 11.7 Å². The van der Waals surface area contributed by atoms with Crippen LogP contribution in [-0.2, 0) is 0 Å². The Morgan fingerprint density at radius 2 is 1.86 bits per heavy atom. The minimum absolute atomic E-state index is 0.0856. The first-order valence-corrected chi connectivity index (χ1v) is 9.47. The van der Waals surface area contributed by atoms with E-state index < -0.39 is 0 Å². The Kier molecular flexibility index (Phi) is 6.03. The molecule has 1 aromatic carbocycles. The van der Waals surface area contributed by atoms with Gasteiger partial charge >= 0.3 is 0 Å². The van der Waals surface area contributed by atoms with Crippen molar-refractivity contribution in [2.24, 2.45) is 0 Å². The summed E-state index contributed by atoms with van der Waals surface area (Å²) in [5.41, 5.74) is 4.37. The average molecular weight is 378 g/mol. The lowest BCUT2D eigenvalue weighted by atomic mass is 10.1. The zero-order valence-electron chi connectivity index (χ0n) is 16.7. The molecule has 3 rings (SSSR count). The van der Waals surface area contributed by atoms with Crippen molar-refractivity contribution in [2.45, 2.75) is 33.7 Å². The summed E-state index contributed by atoms with van der Waals surface area (Å²) in [6.45, 7) is 9.35. The molecule has 0 fully saturated rings. The molecule has 0 aliphatic heterocycles. The number of carbonyl (C=O) groups excluding carboxylic acids is 1. The van der Waals surface area contributed by atoms with E-state index in [2.05, 4.69) is 25.9 Å². The molecule has 1 atom stereocenters. The number of amides is 1. The maximum Gasteiger partial charge on any atom is 0.251 e. The molecule has 28 heavy (non-hydrogen) atoms. The lowest BCUT2D eigenvalue weighted by Gasteiger charge is -2.15. The van der Waals surface area contributed by atoms with Crippen molar-refractivity contribution in [3.05, 3.63) is 59.4 Å². The third-order valence-electron chi connectivity index (χ3n) is 4.49. The Bertz CT molecular complexity index is 931. The number of nitrogens with zero attached hydrogens (tertiary/aromatic N) is 4. The largest absolute Gasteiger partial charge is 0.369 e. The number of nitrogens with one attached hydrogen (secondary N) is 2. The molecule has 2 N–H and O–H groups in total. The number of benzene rings is 1. The van der Waals surface area contributed by atoms with Crippen LogP contribution in [0, 0.1) is 13.8 Å². The fourth-order valence-corrected chi connectivity index (χ4v) is 3.08. The van der Waals surface area contributed by atoms with Gasteiger partial charge < -0.3 is 10.6 Å². The fourth-order valence-electron chi connectivity index (χ4n) is 3.08. The van der Waals surface area contributed by atoms with E-state index in [-0.39, 0.29) is 11.9 Å². The summed E-state index contributed by atoms with van der Waals surface area (Å²) in [4.78, 5) is 12.5. The first-order chi connectivity index (χ1) is 13.5. The van der Waals surface area contributed by atoms with Crippen LogP contribution in [0.3, 0.4) is 0 Å². The van der Waals surface area contributed by atoms with E-state index in [1.165, 1.54) is 0 Å². The maximum absolute atomic E-state index is 12.5. The van der Waals surface area contributed by atoms with Gasteiger partial charge in [-0.05, 0) is 58.0 Å². The van der Waals surface area contributed by atoms with Crippen LogP contribution in [0.2, 0.25) is 0 Å². The summed E-state index contributed by atoms with van der Waals surface area (Å²) in [6, 6.07) is 13.3. The van der Waals surface area contributed by atoms with Gasteiger partial charge in [-0.1, -0.05) is 12.1 Å². The Balaban J connectivity index is 1.61. The first kappa shape index (κ1) is 19.5. The van der Waals surface area contributed by atoms with Gasteiger partial charge in [0.25, 0.3) is 5.91 Å². The van der Waals surface area contributed by atoms with Crippen LogP contribution < -0.4 is 10.6 Å². The molecule has 0 unspecified atom stereocenters. The third kappa shape index (κ3) is 4.54. The molecule has 146 valence electrons. The predicted octanol–water partition coefficient (Wildman–Crippen LogP) is 3.38. The number of anilines is 1. The van der Waals surface area contributed by atoms with Gasteiger partial charge in [0.2, 0.25) is 0 Å². The van der Waals surface area contributed by atoms with E-state index in [1.807, 2.05) is 62.7 Å². The van der Waals surface area contributed by atoms with Gasteiger partial charge in [0.1, 0.15) is 5.82 Å². The average Bonchev–Trinajstić information content (AvgIpc) is 3.05. The number of aromatic nitrogens is 4. The summed E-state index contributed by atoms with van der Waals surface area (Å²) in [5.74, 6) is 0.646. The zero-order chi connectivity index (χ0) is 20.1. The van der Waals surface area contributed by atoms with Crippen LogP contribution in [0.5, 0.6) is 0 Å². The standard InChI is InChI=1S/C21H26N6O/c1-5-22-20-11-10-19(24-25-20)17-6-8-18(9-7-17)21(28)23-13-16(4)27-15(3)12-14(2)26-27/h6-12,16H,5,13H2,1-4H3,(H,22,25)(H,23,28)/t16-/m0/s1. The number of rotatable bonds is 7. The Morgan fingerprint density at radius 1 is 1.11 bits per heavy atom. The molecule has 2 aromatic heterocycles. The molecule has 0 aliphatic carbocycles. The van der Waals surface area contributed by atoms with Crippen molar-refractivity contribution in [3.63, 3.8) is 0 Å². The highest BCUT2D eigenvalue weighted by atomic mass is 16.1. The topological polar surface area (TPSA) is 84.7 Å². The highest BCUT2D eigenvalue weighted by Crippen LogP contribution is 2.18. The summed E-state index contributed by atoms with van der Waals surface area (Å²) < 4.78 is 1.94. The van der Waals surface area contributed by atoms with E-state index in [0.717, 1.165) is 35.0 Å². The molecular formula is C21H26N6O. The third-order valence-corrected chi connectivity index (χ3v) is 4.49. The molecule has 0 saturated heterocycles. The molecule has 0 radical (unpaired) electrons. The van der Waals surface area contributed by atoms with E-state index >= 15 is 0 Å². The molecule has 7 heteroatoms. The number of carbonyl (C=O) groups is 1.